The van der Waals surface area contributed by atoms with E-state index in [-0.39, 0.29) is 0 Å². The molecule has 20 heavy (non-hydrogen) atoms. The fourth-order valence-corrected chi connectivity index (χ4v) is 4.19. The molecule has 0 aromatic heterocycles. The third-order valence-corrected chi connectivity index (χ3v) is 5.19. The van der Waals surface area contributed by atoms with E-state index in [1.807, 2.05) is 0 Å². The highest BCUT2D eigenvalue weighted by molar-refractivity contribution is 4.96. The molecule has 0 atom stereocenters. The van der Waals surface area contributed by atoms with Crippen LogP contribution in [-0.2, 0) is 4.74 Å². The summed E-state index contributed by atoms with van der Waals surface area (Å²) in [5, 5.41) is 0. The number of nitrogens with zero attached hydrogens (tertiary/aromatic N) is 1. The Labute approximate surface area is 126 Å². The van der Waals surface area contributed by atoms with Gasteiger partial charge in [0.25, 0.3) is 0 Å². The number of hydrogen-bond donors (Lipinski definition) is 0. The molecule has 1 spiro atoms. The van der Waals surface area contributed by atoms with E-state index in [9.17, 15) is 0 Å². The van der Waals surface area contributed by atoms with Crippen molar-refractivity contribution in [2.24, 2.45) is 17.3 Å². The standard InChI is InChI=1S/C18H35NO/c1-15(2)14-19-9-7-18(8-10-19)12-17(13-18)6-5-11-20-16(3)4/h15-17H,5-14H2,1-4H3. The molecule has 2 fully saturated rings. The SMILES string of the molecule is CC(C)CN1CCC2(CC1)CC(CCCOC(C)C)C2. The van der Waals surface area contributed by atoms with Gasteiger partial charge >= 0.3 is 0 Å². The maximum absolute atomic E-state index is 5.64. The lowest BCUT2D eigenvalue weighted by Crippen LogP contribution is -2.47. The first-order valence-corrected chi connectivity index (χ1v) is 8.83. The van der Waals surface area contributed by atoms with Gasteiger partial charge in [0.05, 0.1) is 6.10 Å². The first-order chi connectivity index (χ1) is 9.49. The van der Waals surface area contributed by atoms with Crippen molar-refractivity contribution < 1.29 is 4.74 Å². The maximum Gasteiger partial charge on any atom is 0.0518 e. The van der Waals surface area contributed by atoms with Gasteiger partial charge in [-0.2, -0.15) is 0 Å². The quantitative estimate of drug-likeness (QED) is 0.644. The molecule has 0 radical (unpaired) electrons. The van der Waals surface area contributed by atoms with E-state index in [2.05, 4.69) is 32.6 Å². The summed E-state index contributed by atoms with van der Waals surface area (Å²) in [6.07, 6.45) is 8.97. The smallest absolute Gasteiger partial charge is 0.0518 e. The third kappa shape index (κ3) is 4.73. The Kier molecular flexibility index (Phi) is 5.92. The zero-order chi connectivity index (χ0) is 14.6. The molecule has 2 rings (SSSR count). The molecule has 2 heteroatoms. The van der Waals surface area contributed by atoms with Gasteiger partial charge in [-0.15, -0.1) is 0 Å². The van der Waals surface area contributed by atoms with E-state index in [4.69, 9.17) is 4.74 Å². The Bertz CT molecular complexity index is 271. The van der Waals surface area contributed by atoms with Gasteiger partial charge in [0.15, 0.2) is 0 Å². The highest BCUT2D eigenvalue weighted by Crippen LogP contribution is 2.53. The Balaban J connectivity index is 1.57. The molecule has 0 aromatic carbocycles. The fourth-order valence-electron chi connectivity index (χ4n) is 4.19. The van der Waals surface area contributed by atoms with Crippen LogP contribution in [0.3, 0.4) is 0 Å². The van der Waals surface area contributed by atoms with E-state index in [1.54, 1.807) is 0 Å². The predicted molar refractivity (Wildman–Crippen MR) is 86.0 cm³/mol. The number of likely N-dealkylation sites (tertiary alicyclic amines) is 1. The molecule has 1 aliphatic heterocycles. The molecule has 2 nitrogen and oxygen atoms in total. The second kappa shape index (κ2) is 7.26. The lowest BCUT2D eigenvalue weighted by Gasteiger charge is -2.53. The Morgan fingerprint density at radius 1 is 1.10 bits per heavy atom. The van der Waals surface area contributed by atoms with Crippen molar-refractivity contribution in [3.63, 3.8) is 0 Å². The van der Waals surface area contributed by atoms with Gasteiger partial charge < -0.3 is 9.64 Å². The average Bonchev–Trinajstić information content (AvgIpc) is 2.33. The molecule has 1 saturated carbocycles. The van der Waals surface area contributed by atoms with E-state index in [1.165, 1.54) is 58.2 Å². The predicted octanol–water partition coefficient (Wildman–Crippen LogP) is 4.34. The summed E-state index contributed by atoms with van der Waals surface area (Å²) in [6.45, 7) is 13.9. The number of hydrogen-bond acceptors (Lipinski definition) is 2. The second-order valence-electron chi connectivity index (χ2n) is 8.03. The highest BCUT2D eigenvalue weighted by Gasteiger charge is 2.44. The number of piperidine rings is 1. The van der Waals surface area contributed by atoms with Crippen molar-refractivity contribution >= 4 is 0 Å². The molecule has 0 unspecified atom stereocenters. The molecule has 0 N–H and O–H groups in total. The van der Waals surface area contributed by atoms with Crippen molar-refractivity contribution in [3.05, 3.63) is 0 Å². The summed E-state index contributed by atoms with van der Waals surface area (Å²) >= 11 is 0. The molecule has 1 heterocycles. The van der Waals surface area contributed by atoms with Crippen LogP contribution in [0.15, 0.2) is 0 Å². The fraction of sp³-hybridized carbons (Fsp3) is 1.00. The van der Waals surface area contributed by atoms with Crippen LogP contribution in [0.4, 0.5) is 0 Å². The van der Waals surface area contributed by atoms with Crippen molar-refractivity contribution in [1.82, 2.24) is 4.90 Å². The maximum atomic E-state index is 5.64. The van der Waals surface area contributed by atoms with E-state index < -0.39 is 0 Å². The minimum Gasteiger partial charge on any atom is -0.379 e. The van der Waals surface area contributed by atoms with Gasteiger partial charge in [0.2, 0.25) is 0 Å². The molecule has 1 aliphatic carbocycles. The second-order valence-corrected chi connectivity index (χ2v) is 8.03. The van der Waals surface area contributed by atoms with Crippen LogP contribution >= 0.6 is 0 Å². The summed E-state index contributed by atoms with van der Waals surface area (Å²) in [5.74, 6) is 1.82. The molecule has 1 saturated heterocycles. The Morgan fingerprint density at radius 3 is 2.30 bits per heavy atom. The van der Waals surface area contributed by atoms with Crippen LogP contribution in [-0.4, -0.2) is 37.2 Å². The lowest BCUT2D eigenvalue weighted by atomic mass is 9.56. The summed E-state index contributed by atoms with van der Waals surface area (Å²) in [7, 11) is 0. The molecule has 2 aliphatic rings. The van der Waals surface area contributed by atoms with Gasteiger partial charge in [-0.25, -0.2) is 0 Å². The Hall–Kier alpha value is -0.0800. The van der Waals surface area contributed by atoms with Gasteiger partial charge in [0.1, 0.15) is 0 Å². The normalized spacial score (nSPS) is 23.7. The van der Waals surface area contributed by atoms with E-state index >= 15 is 0 Å². The highest BCUT2D eigenvalue weighted by atomic mass is 16.5. The summed E-state index contributed by atoms with van der Waals surface area (Å²) in [5.41, 5.74) is 0.747. The van der Waals surface area contributed by atoms with Crippen molar-refractivity contribution in [3.8, 4) is 0 Å². The van der Waals surface area contributed by atoms with Crippen LogP contribution in [0.2, 0.25) is 0 Å². The number of rotatable bonds is 7. The largest absolute Gasteiger partial charge is 0.379 e. The third-order valence-electron chi connectivity index (χ3n) is 5.19. The van der Waals surface area contributed by atoms with Gasteiger partial charge in [0, 0.05) is 13.2 Å². The zero-order valence-electron chi connectivity index (χ0n) is 14.2. The first-order valence-electron chi connectivity index (χ1n) is 8.83. The molecule has 0 aromatic rings. The minimum absolute atomic E-state index is 0.396. The van der Waals surface area contributed by atoms with Gasteiger partial charge in [-0.1, -0.05) is 13.8 Å². The lowest BCUT2D eigenvalue weighted by molar-refractivity contribution is -0.0229. The summed E-state index contributed by atoms with van der Waals surface area (Å²) in [4.78, 5) is 2.68. The van der Waals surface area contributed by atoms with Gasteiger partial charge in [-0.3, -0.25) is 0 Å². The van der Waals surface area contributed by atoms with Crippen LogP contribution < -0.4 is 0 Å². The van der Waals surface area contributed by atoms with Crippen LogP contribution in [0.25, 0.3) is 0 Å². The van der Waals surface area contributed by atoms with E-state index in [0.29, 0.717) is 6.10 Å². The zero-order valence-corrected chi connectivity index (χ0v) is 14.2. The molecule has 0 amide bonds. The molecular weight excluding hydrogens is 246 g/mol. The molecule has 118 valence electrons. The Morgan fingerprint density at radius 2 is 1.75 bits per heavy atom. The van der Waals surface area contributed by atoms with Crippen molar-refractivity contribution in [2.75, 3.05) is 26.2 Å². The summed E-state index contributed by atoms with van der Waals surface area (Å²) in [6, 6.07) is 0. The van der Waals surface area contributed by atoms with Crippen molar-refractivity contribution in [1.29, 1.82) is 0 Å². The van der Waals surface area contributed by atoms with Crippen LogP contribution in [0.5, 0.6) is 0 Å². The van der Waals surface area contributed by atoms with Crippen LogP contribution in [0.1, 0.15) is 66.2 Å². The van der Waals surface area contributed by atoms with Crippen molar-refractivity contribution in [2.45, 2.75) is 72.3 Å². The van der Waals surface area contributed by atoms with Crippen LogP contribution in [0, 0.1) is 17.3 Å². The topological polar surface area (TPSA) is 12.5 Å². The molecule has 0 bridgehead atoms. The first kappa shape index (κ1) is 16.3. The van der Waals surface area contributed by atoms with Gasteiger partial charge in [-0.05, 0) is 82.7 Å². The average molecular weight is 281 g/mol. The van der Waals surface area contributed by atoms with E-state index in [0.717, 1.165) is 23.9 Å². The molecular formula is C18H35NO. The minimum atomic E-state index is 0.396. The number of ether oxygens (including phenoxy) is 1. The summed E-state index contributed by atoms with van der Waals surface area (Å²) < 4.78 is 5.64. The monoisotopic (exact) mass is 281 g/mol.